The van der Waals surface area contributed by atoms with Crippen molar-refractivity contribution in [1.29, 1.82) is 0 Å². The van der Waals surface area contributed by atoms with Crippen molar-refractivity contribution in [2.24, 2.45) is 0 Å². The lowest BCUT2D eigenvalue weighted by atomic mass is 10.1. The minimum Gasteiger partial charge on any atom is -0.315 e. The molecular weight excluding hydrogens is 241 g/mol. The zero-order valence-electron chi connectivity index (χ0n) is 9.89. The second-order valence-electron chi connectivity index (χ2n) is 4.30. The molecule has 0 saturated carbocycles. The molecule has 0 unspecified atom stereocenters. The molecule has 0 aliphatic carbocycles. The molecule has 0 aliphatic rings. The van der Waals surface area contributed by atoms with Gasteiger partial charge in [0.2, 0.25) is 0 Å². The smallest absolute Gasteiger partial charge is 0.0452 e. The highest BCUT2D eigenvalue weighted by Crippen LogP contribution is 2.22. The monoisotopic (exact) mass is 259 g/mol. The first kappa shape index (κ1) is 13.8. The quantitative estimate of drug-likeness (QED) is 0.751. The highest BCUT2D eigenvalue weighted by Gasteiger charge is 2.01. The van der Waals surface area contributed by atoms with Crippen LogP contribution in [0.5, 0.6) is 0 Å². The Morgan fingerprint density at radius 3 is 2.56 bits per heavy atom. The van der Waals surface area contributed by atoms with Gasteiger partial charge in [-0.3, -0.25) is 0 Å². The van der Waals surface area contributed by atoms with Gasteiger partial charge in [-0.1, -0.05) is 43.1 Å². The van der Waals surface area contributed by atoms with E-state index >= 15 is 0 Å². The van der Waals surface area contributed by atoms with Gasteiger partial charge in [-0.15, -0.1) is 0 Å². The zero-order chi connectivity index (χ0) is 12.0. The van der Waals surface area contributed by atoms with Gasteiger partial charge in [-0.05, 0) is 43.5 Å². The molecular formula is C13H19Cl2N. The molecule has 1 aromatic rings. The Bertz CT molecular complexity index is 324. The van der Waals surface area contributed by atoms with Crippen LogP contribution in [0, 0.1) is 0 Å². The summed E-state index contributed by atoms with van der Waals surface area (Å²) in [4.78, 5) is 0. The fourth-order valence-corrected chi connectivity index (χ4v) is 2.06. The van der Waals surface area contributed by atoms with Gasteiger partial charge >= 0.3 is 0 Å². The van der Waals surface area contributed by atoms with Crippen molar-refractivity contribution < 1.29 is 0 Å². The lowest BCUT2D eigenvalue weighted by Crippen LogP contribution is -2.23. The van der Waals surface area contributed by atoms with Gasteiger partial charge < -0.3 is 5.32 Å². The van der Waals surface area contributed by atoms with Crippen LogP contribution in [0.4, 0.5) is 0 Å². The van der Waals surface area contributed by atoms with Crippen LogP contribution in [0.25, 0.3) is 0 Å². The number of nitrogens with one attached hydrogen (secondary N) is 1. The van der Waals surface area contributed by atoms with E-state index in [0.29, 0.717) is 11.1 Å². The van der Waals surface area contributed by atoms with Crippen LogP contribution < -0.4 is 5.32 Å². The summed E-state index contributed by atoms with van der Waals surface area (Å²) in [6, 6.07) is 6.29. The molecule has 16 heavy (non-hydrogen) atoms. The summed E-state index contributed by atoms with van der Waals surface area (Å²) < 4.78 is 0. The van der Waals surface area contributed by atoms with E-state index in [1.165, 1.54) is 12.0 Å². The normalized spacial score (nSPS) is 11.1. The number of hydrogen-bond donors (Lipinski definition) is 1. The Labute approximate surface area is 108 Å². The molecule has 0 radical (unpaired) electrons. The van der Waals surface area contributed by atoms with Crippen molar-refractivity contribution in [2.45, 2.75) is 39.2 Å². The van der Waals surface area contributed by atoms with E-state index in [1.807, 2.05) is 18.2 Å². The van der Waals surface area contributed by atoms with Crippen molar-refractivity contribution in [2.75, 3.05) is 6.54 Å². The predicted octanol–water partition coefficient (Wildman–Crippen LogP) is 4.31. The fraction of sp³-hybridized carbons (Fsp3) is 0.538. The summed E-state index contributed by atoms with van der Waals surface area (Å²) in [5, 5.41) is 4.89. The maximum absolute atomic E-state index is 6.09. The van der Waals surface area contributed by atoms with Crippen LogP contribution >= 0.6 is 23.2 Å². The van der Waals surface area contributed by atoms with Crippen molar-refractivity contribution in [3.63, 3.8) is 0 Å². The third kappa shape index (κ3) is 5.20. The first-order valence-corrected chi connectivity index (χ1v) is 6.52. The van der Waals surface area contributed by atoms with Crippen LogP contribution in [0.3, 0.4) is 0 Å². The third-order valence-corrected chi connectivity index (χ3v) is 3.03. The SMILES string of the molecule is CC(C)NCCCCc1ccc(Cl)cc1Cl. The Balaban J connectivity index is 2.27. The van der Waals surface area contributed by atoms with Crippen molar-refractivity contribution in [3.05, 3.63) is 33.8 Å². The molecule has 1 rings (SSSR count). The molecule has 0 aromatic heterocycles. The molecule has 0 bridgehead atoms. The van der Waals surface area contributed by atoms with E-state index in [2.05, 4.69) is 19.2 Å². The molecule has 0 heterocycles. The molecule has 0 fully saturated rings. The second kappa shape index (κ2) is 7.16. The molecule has 1 nitrogen and oxygen atoms in total. The minimum absolute atomic E-state index is 0.569. The molecule has 3 heteroatoms. The fourth-order valence-electron chi connectivity index (χ4n) is 1.56. The number of unbranched alkanes of at least 4 members (excludes halogenated alkanes) is 1. The van der Waals surface area contributed by atoms with Crippen molar-refractivity contribution in [1.82, 2.24) is 5.32 Å². The lowest BCUT2D eigenvalue weighted by Gasteiger charge is -2.08. The van der Waals surface area contributed by atoms with Gasteiger partial charge in [-0.2, -0.15) is 0 Å². The molecule has 0 atom stereocenters. The van der Waals surface area contributed by atoms with Crippen LogP contribution in [0.15, 0.2) is 18.2 Å². The number of benzene rings is 1. The van der Waals surface area contributed by atoms with E-state index in [0.717, 1.165) is 24.4 Å². The molecule has 0 aliphatic heterocycles. The first-order valence-electron chi connectivity index (χ1n) is 5.77. The van der Waals surface area contributed by atoms with Gasteiger partial charge in [0, 0.05) is 16.1 Å². The zero-order valence-corrected chi connectivity index (χ0v) is 11.4. The van der Waals surface area contributed by atoms with Crippen LogP contribution in [-0.2, 0) is 6.42 Å². The second-order valence-corrected chi connectivity index (χ2v) is 5.15. The Morgan fingerprint density at radius 1 is 1.19 bits per heavy atom. The standard InChI is InChI=1S/C13H19Cl2N/c1-10(2)16-8-4-3-5-11-6-7-12(14)9-13(11)15/h6-7,9-10,16H,3-5,8H2,1-2H3. The van der Waals surface area contributed by atoms with Gasteiger partial charge in [0.15, 0.2) is 0 Å². The van der Waals surface area contributed by atoms with Gasteiger partial charge in [0.1, 0.15) is 0 Å². The van der Waals surface area contributed by atoms with Crippen LogP contribution in [-0.4, -0.2) is 12.6 Å². The minimum atomic E-state index is 0.569. The number of aryl methyl sites for hydroxylation is 1. The van der Waals surface area contributed by atoms with Crippen molar-refractivity contribution >= 4 is 23.2 Å². The van der Waals surface area contributed by atoms with Gasteiger partial charge in [-0.25, -0.2) is 0 Å². The summed E-state index contributed by atoms with van der Waals surface area (Å²) in [6.07, 6.45) is 3.36. The molecule has 0 spiro atoms. The number of halogens is 2. The molecule has 0 saturated heterocycles. The third-order valence-electron chi connectivity index (χ3n) is 2.44. The Hall–Kier alpha value is -0.240. The topological polar surface area (TPSA) is 12.0 Å². The summed E-state index contributed by atoms with van der Waals surface area (Å²) >= 11 is 11.9. The predicted molar refractivity (Wildman–Crippen MR) is 72.5 cm³/mol. The van der Waals surface area contributed by atoms with Gasteiger partial charge in [0.05, 0.1) is 0 Å². The molecule has 90 valence electrons. The molecule has 1 N–H and O–H groups in total. The highest BCUT2D eigenvalue weighted by atomic mass is 35.5. The van der Waals surface area contributed by atoms with Crippen molar-refractivity contribution in [3.8, 4) is 0 Å². The summed E-state index contributed by atoms with van der Waals surface area (Å²) in [5.41, 5.74) is 1.19. The van der Waals surface area contributed by atoms with Crippen LogP contribution in [0.1, 0.15) is 32.3 Å². The van der Waals surface area contributed by atoms with E-state index in [9.17, 15) is 0 Å². The van der Waals surface area contributed by atoms with E-state index < -0.39 is 0 Å². The number of rotatable bonds is 6. The van der Waals surface area contributed by atoms with Crippen LogP contribution in [0.2, 0.25) is 10.0 Å². The molecule has 0 amide bonds. The maximum atomic E-state index is 6.09. The van der Waals surface area contributed by atoms with E-state index in [1.54, 1.807) is 0 Å². The largest absolute Gasteiger partial charge is 0.315 e. The first-order chi connectivity index (χ1) is 7.59. The molecule has 1 aromatic carbocycles. The highest BCUT2D eigenvalue weighted by molar-refractivity contribution is 6.35. The average molecular weight is 260 g/mol. The Morgan fingerprint density at radius 2 is 1.94 bits per heavy atom. The van der Waals surface area contributed by atoms with E-state index in [4.69, 9.17) is 23.2 Å². The summed E-state index contributed by atoms with van der Waals surface area (Å²) in [7, 11) is 0. The Kier molecular flexibility index (Phi) is 6.18. The van der Waals surface area contributed by atoms with Gasteiger partial charge in [0.25, 0.3) is 0 Å². The lowest BCUT2D eigenvalue weighted by molar-refractivity contribution is 0.557. The maximum Gasteiger partial charge on any atom is 0.0452 e. The average Bonchev–Trinajstić information content (AvgIpc) is 2.20. The summed E-state index contributed by atoms with van der Waals surface area (Å²) in [5.74, 6) is 0. The summed E-state index contributed by atoms with van der Waals surface area (Å²) in [6.45, 7) is 5.40. The number of hydrogen-bond acceptors (Lipinski definition) is 1. The van der Waals surface area contributed by atoms with E-state index in [-0.39, 0.29) is 0 Å².